The number of hydrogen-bond donors (Lipinski definition) is 0. The van der Waals surface area contributed by atoms with Crippen LogP contribution in [0.15, 0.2) is 48.5 Å². The van der Waals surface area contributed by atoms with Gasteiger partial charge in [0.1, 0.15) is 11.6 Å². The third-order valence-electron chi connectivity index (χ3n) is 2.90. The van der Waals surface area contributed by atoms with E-state index in [-0.39, 0.29) is 5.56 Å². The van der Waals surface area contributed by atoms with Crippen molar-refractivity contribution in [3.63, 3.8) is 0 Å². The van der Waals surface area contributed by atoms with Gasteiger partial charge in [-0.05, 0) is 35.9 Å². The molecule has 0 aliphatic carbocycles. The van der Waals surface area contributed by atoms with Crippen molar-refractivity contribution in [2.75, 3.05) is 7.11 Å². The fourth-order valence-electron chi connectivity index (χ4n) is 1.75. The molecule has 2 aromatic rings. The molecule has 0 bridgehead atoms. The molecule has 21 heavy (non-hydrogen) atoms. The van der Waals surface area contributed by atoms with Gasteiger partial charge in [-0.2, -0.15) is 13.2 Å². The SMILES string of the molecule is COc1ccc(/C=C(\F)c2ccc(C(F)(F)F)cc2)cc1. The van der Waals surface area contributed by atoms with E-state index in [1.54, 1.807) is 24.3 Å². The zero-order chi connectivity index (χ0) is 15.5. The summed E-state index contributed by atoms with van der Waals surface area (Å²) in [6.45, 7) is 0. The molecule has 0 aliphatic rings. The minimum atomic E-state index is -4.42. The summed E-state index contributed by atoms with van der Waals surface area (Å²) in [7, 11) is 1.52. The van der Waals surface area contributed by atoms with E-state index in [1.807, 2.05) is 0 Å². The average Bonchev–Trinajstić information content (AvgIpc) is 2.47. The van der Waals surface area contributed by atoms with Gasteiger partial charge in [-0.3, -0.25) is 0 Å². The molecule has 0 radical (unpaired) electrons. The molecule has 0 fully saturated rings. The van der Waals surface area contributed by atoms with Crippen molar-refractivity contribution in [1.29, 1.82) is 0 Å². The van der Waals surface area contributed by atoms with Crippen LogP contribution in [-0.2, 0) is 6.18 Å². The highest BCUT2D eigenvalue weighted by Crippen LogP contribution is 2.30. The highest BCUT2D eigenvalue weighted by atomic mass is 19.4. The molecule has 0 aliphatic heterocycles. The molecule has 0 amide bonds. The predicted octanol–water partition coefficient (Wildman–Crippen LogP) is 5.18. The standard InChI is InChI=1S/C16H12F4O/c1-21-14-8-2-11(3-9-14)10-15(17)12-4-6-13(7-5-12)16(18,19)20/h2-10H,1H3/b15-10-. The van der Waals surface area contributed by atoms with Crippen molar-refractivity contribution in [2.45, 2.75) is 6.18 Å². The highest BCUT2D eigenvalue weighted by Gasteiger charge is 2.30. The summed E-state index contributed by atoms with van der Waals surface area (Å²) in [5.41, 5.74) is -0.115. The van der Waals surface area contributed by atoms with Crippen LogP contribution in [0, 0.1) is 0 Å². The summed E-state index contributed by atoms with van der Waals surface area (Å²) >= 11 is 0. The molecule has 0 saturated carbocycles. The van der Waals surface area contributed by atoms with E-state index < -0.39 is 17.6 Å². The molecular weight excluding hydrogens is 284 g/mol. The molecule has 0 spiro atoms. The van der Waals surface area contributed by atoms with E-state index in [4.69, 9.17) is 4.74 Å². The van der Waals surface area contributed by atoms with Crippen molar-refractivity contribution in [2.24, 2.45) is 0 Å². The number of ether oxygens (including phenoxy) is 1. The van der Waals surface area contributed by atoms with E-state index in [9.17, 15) is 17.6 Å². The summed E-state index contributed by atoms with van der Waals surface area (Å²) in [6.07, 6.45) is -3.17. The van der Waals surface area contributed by atoms with E-state index >= 15 is 0 Å². The molecule has 5 heteroatoms. The molecular formula is C16H12F4O. The maximum absolute atomic E-state index is 14.0. The largest absolute Gasteiger partial charge is 0.497 e. The van der Waals surface area contributed by atoms with Gasteiger partial charge in [0.2, 0.25) is 0 Å². The van der Waals surface area contributed by atoms with Crippen LogP contribution in [0.3, 0.4) is 0 Å². The molecule has 0 aromatic heterocycles. The Morgan fingerprint density at radius 1 is 0.952 bits per heavy atom. The second kappa shape index (κ2) is 5.99. The normalized spacial score (nSPS) is 12.3. The van der Waals surface area contributed by atoms with E-state index in [1.165, 1.54) is 13.2 Å². The van der Waals surface area contributed by atoms with Crippen molar-refractivity contribution in [3.8, 4) is 5.75 Å². The van der Waals surface area contributed by atoms with Gasteiger partial charge in [-0.15, -0.1) is 0 Å². The minimum Gasteiger partial charge on any atom is -0.497 e. The Labute approximate surface area is 119 Å². The summed E-state index contributed by atoms with van der Waals surface area (Å²) < 4.78 is 56.2. The first-order chi connectivity index (χ1) is 9.90. The van der Waals surface area contributed by atoms with Crippen LogP contribution in [0.5, 0.6) is 5.75 Å². The lowest BCUT2D eigenvalue weighted by Crippen LogP contribution is -2.04. The van der Waals surface area contributed by atoms with Crippen LogP contribution >= 0.6 is 0 Å². The second-order valence-corrected chi connectivity index (χ2v) is 4.34. The van der Waals surface area contributed by atoms with Gasteiger partial charge in [0.15, 0.2) is 0 Å². The average molecular weight is 296 g/mol. The molecule has 110 valence electrons. The third-order valence-corrected chi connectivity index (χ3v) is 2.90. The lowest BCUT2D eigenvalue weighted by atomic mass is 10.1. The fraction of sp³-hybridized carbons (Fsp3) is 0.125. The highest BCUT2D eigenvalue weighted by molar-refractivity contribution is 5.76. The first-order valence-corrected chi connectivity index (χ1v) is 6.09. The zero-order valence-corrected chi connectivity index (χ0v) is 11.1. The molecule has 1 nitrogen and oxygen atoms in total. The van der Waals surface area contributed by atoms with Crippen molar-refractivity contribution in [1.82, 2.24) is 0 Å². The minimum absolute atomic E-state index is 0.0961. The number of halogens is 4. The summed E-state index contributed by atoms with van der Waals surface area (Å²) in [5.74, 6) is 0.0379. The molecule has 2 aromatic carbocycles. The fourth-order valence-corrected chi connectivity index (χ4v) is 1.75. The zero-order valence-electron chi connectivity index (χ0n) is 11.1. The van der Waals surface area contributed by atoms with Gasteiger partial charge < -0.3 is 4.74 Å². The van der Waals surface area contributed by atoms with Gasteiger partial charge in [-0.25, -0.2) is 4.39 Å². The van der Waals surface area contributed by atoms with E-state index in [0.29, 0.717) is 11.3 Å². The van der Waals surface area contributed by atoms with Crippen molar-refractivity contribution in [3.05, 3.63) is 65.2 Å². The topological polar surface area (TPSA) is 9.23 Å². The summed E-state index contributed by atoms with van der Waals surface area (Å²) in [6, 6.07) is 10.6. The lowest BCUT2D eigenvalue weighted by Gasteiger charge is -2.07. The Balaban J connectivity index is 2.22. The molecule has 0 N–H and O–H groups in total. The quantitative estimate of drug-likeness (QED) is 0.560. The van der Waals surface area contributed by atoms with Crippen LogP contribution in [0.25, 0.3) is 11.9 Å². The van der Waals surface area contributed by atoms with E-state index in [0.717, 1.165) is 24.3 Å². The van der Waals surface area contributed by atoms with Crippen LogP contribution in [0.1, 0.15) is 16.7 Å². The maximum Gasteiger partial charge on any atom is 0.416 e. The van der Waals surface area contributed by atoms with Crippen LogP contribution < -0.4 is 4.74 Å². The first-order valence-electron chi connectivity index (χ1n) is 6.09. The second-order valence-electron chi connectivity index (χ2n) is 4.34. The van der Waals surface area contributed by atoms with Crippen LogP contribution in [-0.4, -0.2) is 7.11 Å². The van der Waals surface area contributed by atoms with Gasteiger partial charge in [-0.1, -0.05) is 24.3 Å². The Morgan fingerprint density at radius 3 is 2.00 bits per heavy atom. The monoisotopic (exact) mass is 296 g/mol. The number of hydrogen-bond acceptors (Lipinski definition) is 1. The first kappa shape index (κ1) is 15.1. The lowest BCUT2D eigenvalue weighted by molar-refractivity contribution is -0.137. The van der Waals surface area contributed by atoms with Gasteiger partial charge in [0, 0.05) is 5.56 Å². The maximum atomic E-state index is 14.0. The Morgan fingerprint density at radius 2 is 1.52 bits per heavy atom. The van der Waals surface area contributed by atoms with Crippen LogP contribution in [0.4, 0.5) is 17.6 Å². The predicted molar refractivity (Wildman–Crippen MR) is 73.4 cm³/mol. The van der Waals surface area contributed by atoms with Crippen molar-refractivity contribution < 1.29 is 22.3 Å². The molecule has 0 saturated heterocycles. The molecule has 0 atom stereocenters. The van der Waals surface area contributed by atoms with Gasteiger partial charge in [0.25, 0.3) is 0 Å². The molecule has 0 unspecified atom stereocenters. The number of rotatable bonds is 3. The third kappa shape index (κ3) is 3.84. The van der Waals surface area contributed by atoms with E-state index in [2.05, 4.69) is 0 Å². The molecule has 2 rings (SSSR count). The number of alkyl halides is 3. The molecule has 0 heterocycles. The van der Waals surface area contributed by atoms with Gasteiger partial charge >= 0.3 is 6.18 Å². The Hall–Kier alpha value is -2.30. The van der Waals surface area contributed by atoms with Crippen LogP contribution in [0.2, 0.25) is 0 Å². The summed E-state index contributed by atoms with van der Waals surface area (Å²) in [4.78, 5) is 0. The number of methoxy groups -OCH3 is 1. The Bertz CT molecular complexity index is 625. The smallest absolute Gasteiger partial charge is 0.416 e. The summed E-state index contributed by atoms with van der Waals surface area (Å²) in [5, 5.41) is 0. The number of benzene rings is 2. The van der Waals surface area contributed by atoms with Gasteiger partial charge in [0.05, 0.1) is 12.7 Å². The Kier molecular flexibility index (Phi) is 4.31. The van der Waals surface area contributed by atoms with Crippen molar-refractivity contribution >= 4 is 11.9 Å².